The fourth-order valence-electron chi connectivity index (χ4n) is 4.31. The van der Waals surface area contributed by atoms with Gasteiger partial charge in [-0.25, -0.2) is 13.2 Å². The van der Waals surface area contributed by atoms with Crippen LogP contribution in [0.4, 0.5) is 16.3 Å². The highest BCUT2D eigenvalue weighted by molar-refractivity contribution is 7.91. The van der Waals surface area contributed by atoms with E-state index >= 15 is 0 Å². The number of aromatic nitrogens is 2. The Morgan fingerprint density at radius 3 is 2.87 bits per heavy atom. The average Bonchev–Trinajstić information content (AvgIpc) is 3.34. The van der Waals surface area contributed by atoms with Gasteiger partial charge in [-0.2, -0.15) is 5.10 Å². The van der Waals surface area contributed by atoms with E-state index < -0.39 is 9.84 Å². The number of carbonyl (C=O) groups is 1. The Labute approximate surface area is 176 Å². The summed E-state index contributed by atoms with van der Waals surface area (Å²) in [6.07, 6.45) is 2.62. The normalized spacial score (nSPS) is 22.1. The van der Waals surface area contributed by atoms with Crippen molar-refractivity contribution in [3.8, 4) is 0 Å². The number of benzene rings is 1. The van der Waals surface area contributed by atoms with Crippen LogP contribution in [-0.4, -0.2) is 42.6 Å². The number of ether oxygens (including phenoxy) is 1. The van der Waals surface area contributed by atoms with E-state index in [1.54, 1.807) is 12.1 Å². The maximum absolute atomic E-state index is 12.0. The van der Waals surface area contributed by atoms with E-state index in [9.17, 15) is 13.2 Å². The SMILES string of the molecule is Cc1c(Nc2ccc3c(c2)CCS3(=O)=O)n[nH]c1[C@@H]1CC[C@H](OC(=O)NC(C)C)C1. The van der Waals surface area contributed by atoms with Crippen molar-refractivity contribution in [3.63, 3.8) is 0 Å². The Hall–Kier alpha value is -2.55. The van der Waals surface area contributed by atoms with Crippen LogP contribution in [0.2, 0.25) is 0 Å². The number of nitrogens with zero attached hydrogens (tertiary/aromatic N) is 1. The van der Waals surface area contributed by atoms with Crippen molar-refractivity contribution < 1.29 is 17.9 Å². The minimum absolute atomic E-state index is 0.0532. The molecular formula is C21H28N4O4S. The van der Waals surface area contributed by atoms with Crippen molar-refractivity contribution in [1.82, 2.24) is 15.5 Å². The second kappa shape index (κ2) is 7.94. The number of nitrogens with one attached hydrogen (secondary N) is 3. The number of anilines is 2. The molecule has 0 saturated heterocycles. The molecule has 1 saturated carbocycles. The predicted octanol–water partition coefficient (Wildman–Crippen LogP) is 3.56. The molecule has 0 unspecified atom stereocenters. The topological polar surface area (TPSA) is 113 Å². The van der Waals surface area contributed by atoms with E-state index in [-0.39, 0.29) is 29.9 Å². The van der Waals surface area contributed by atoms with Gasteiger partial charge in [-0.05, 0) is 70.2 Å². The second-order valence-corrected chi connectivity index (χ2v) is 10.5. The minimum Gasteiger partial charge on any atom is -0.446 e. The number of aryl methyl sites for hydroxylation is 1. The van der Waals surface area contributed by atoms with Gasteiger partial charge in [-0.3, -0.25) is 5.10 Å². The van der Waals surface area contributed by atoms with Gasteiger partial charge in [0.2, 0.25) is 0 Å². The van der Waals surface area contributed by atoms with Crippen LogP contribution in [0.3, 0.4) is 0 Å². The molecule has 1 aromatic heterocycles. The third-order valence-electron chi connectivity index (χ3n) is 5.82. The third-order valence-corrected chi connectivity index (χ3v) is 7.63. The Balaban J connectivity index is 1.42. The molecular weight excluding hydrogens is 404 g/mol. The van der Waals surface area contributed by atoms with Crippen LogP contribution in [0.5, 0.6) is 0 Å². The van der Waals surface area contributed by atoms with E-state index in [1.165, 1.54) is 0 Å². The number of alkyl carbamates (subject to hydrolysis) is 1. The summed E-state index contributed by atoms with van der Waals surface area (Å²) in [6, 6.07) is 5.39. The van der Waals surface area contributed by atoms with Crippen molar-refractivity contribution in [2.24, 2.45) is 0 Å². The van der Waals surface area contributed by atoms with Crippen molar-refractivity contribution in [1.29, 1.82) is 0 Å². The lowest BCUT2D eigenvalue weighted by Crippen LogP contribution is -2.33. The summed E-state index contributed by atoms with van der Waals surface area (Å²) < 4.78 is 29.5. The van der Waals surface area contributed by atoms with Gasteiger partial charge in [0, 0.05) is 28.9 Å². The second-order valence-electron chi connectivity index (χ2n) is 8.46. The van der Waals surface area contributed by atoms with Gasteiger partial charge >= 0.3 is 6.09 Å². The molecule has 9 heteroatoms. The molecule has 1 aliphatic carbocycles. The molecule has 2 heterocycles. The van der Waals surface area contributed by atoms with E-state index in [4.69, 9.17) is 4.74 Å². The summed E-state index contributed by atoms with van der Waals surface area (Å²) in [5, 5.41) is 13.6. The summed E-state index contributed by atoms with van der Waals surface area (Å²) in [4.78, 5) is 12.3. The van der Waals surface area contributed by atoms with E-state index in [2.05, 4.69) is 20.8 Å². The van der Waals surface area contributed by atoms with Gasteiger partial charge in [0.25, 0.3) is 0 Å². The predicted molar refractivity (Wildman–Crippen MR) is 114 cm³/mol. The first-order valence-electron chi connectivity index (χ1n) is 10.4. The standard InChI is InChI=1S/C21H28N4O4S/c1-12(2)22-21(26)29-17-6-4-15(11-17)19-13(3)20(25-24-19)23-16-5-7-18-14(10-16)8-9-30(18,27)28/h5,7,10,12,15,17H,4,6,8-9,11H2,1-3H3,(H,22,26)(H2,23,24,25)/t15-,17+/m1/s1. The number of rotatable bonds is 5. The lowest BCUT2D eigenvalue weighted by atomic mass is 10.0. The molecule has 2 atom stereocenters. The van der Waals surface area contributed by atoms with Crippen LogP contribution in [0, 0.1) is 6.92 Å². The molecule has 1 amide bonds. The van der Waals surface area contributed by atoms with Crippen LogP contribution in [-0.2, 0) is 21.0 Å². The zero-order valence-corrected chi connectivity index (χ0v) is 18.3. The maximum Gasteiger partial charge on any atom is 0.407 e. The third kappa shape index (κ3) is 4.16. The van der Waals surface area contributed by atoms with Crippen LogP contribution < -0.4 is 10.6 Å². The largest absolute Gasteiger partial charge is 0.446 e. The quantitative estimate of drug-likeness (QED) is 0.666. The summed E-state index contributed by atoms with van der Waals surface area (Å²) in [6.45, 7) is 5.82. The Kier molecular flexibility index (Phi) is 5.48. The molecule has 0 radical (unpaired) electrons. The minimum atomic E-state index is -3.12. The van der Waals surface area contributed by atoms with E-state index in [1.807, 2.05) is 26.8 Å². The zero-order valence-electron chi connectivity index (χ0n) is 17.5. The number of hydrogen-bond acceptors (Lipinski definition) is 6. The molecule has 0 spiro atoms. The van der Waals surface area contributed by atoms with Crippen LogP contribution in [0.25, 0.3) is 0 Å². The molecule has 2 aromatic rings. The monoisotopic (exact) mass is 432 g/mol. The van der Waals surface area contributed by atoms with E-state index in [0.717, 1.165) is 47.6 Å². The first-order chi connectivity index (χ1) is 14.2. The first-order valence-corrected chi connectivity index (χ1v) is 12.0. The lowest BCUT2D eigenvalue weighted by molar-refractivity contribution is 0.0981. The highest BCUT2D eigenvalue weighted by Gasteiger charge is 2.31. The van der Waals surface area contributed by atoms with Gasteiger partial charge in [-0.1, -0.05) is 0 Å². The number of aromatic amines is 1. The molecule has 1 aromatic carbocycles. The summed E-state index contributed by atoms with van der Waals surface area (Å²) in [5.41, 5.74) is 3.76. The average molecular weight is 433 g/mol. The number of H-pyrrole nitrogens is 1. The maximum atomic E-state index is 12.0. The number of hydrogen-bond donors (Lipinski definition) is 3. The molecule has 2 aliphatic rings. The molecule has 162 valence electrons. The van der Waals surface area contributed by atoms with Gasteiger partial charge in [0.05, 0.1) is 10.6 Å². The highest BCUT2D eigenvalue weighted by Crippen LogP contribution is 2.38. The molecule has 4 rings (SSSR count). The smallest absolute Gasteiger partial charge is 0.407 e. The number of fused-ring (bicyclic) bond motifs is 1. The number of amides is 1. The van der Waals surface area contributed by atoms with Crippen LogP contribution in [0.1, 0.15) is 55.8 Å². The van der Waals surface area contributed by atoms with E-state index in [0.29, 0.717) is 11.3 Å². The molecule has 3 N–H and O–H groups in total. The summed E-state index contributed by atoms with van der Waals surface area (Å²) >= 11 is 0. The highest BCUT2D eigenvalue weighted by atomic mass is 32.2. The van der Waals surface area contributed by atoms with Crippen LogP contribution >= 0.6 is 0 Å². The summed E-state index contributed by atoms with van der Waals surface area (Å²) in [7, 11) is -3.12. The van der Waals surface area contributed by atoms with Gasteiger partial charge in [0.1, 0.15) is 6.10 Å². The number of sulfone groups is 1. The Morgan fingerprint density at radius 1 is 1.30 bits per heavy atom. The van der Waals surface area contributed by atoms with Gasteiger partial charge in [0.15, 0.2) is 15.7 Å². The molecule has 8 nitrogen and oxygen atoms in total. The molecule has 1 aliphatic heterocycles. The van der Waals surface area contributed by atoms with Gasteiger partial charge < -0.3 is 15.4 Å². The fraction of sp³-hybridized carbons (Fsp3) is 0.524. The molecule has 0 bridgehead atoms. The van der Waals surface area contributed by atoms with Crippen molar-refractivity contribution >= 4 is 27.4 Å². The van der Waals surface area contributed by atoms with Crippen molar-refractivity contribution in [2.75, 3.05) is 11.1 Å². The fourth-order valence-corrected chi connectivity index (χ4v) is 5.85. The zero-order chi connectivity index (χ0) is 21.5. The van der Waals surface area contributed by atoms with Crippen molar-refractivity contribution in [3.05, 3.63) is 35.0 Å². The summed E-state index contributed by atoms with van der Waals surface area (Å²) in [5.74, 6) is 1.17. The van der Waals surface area contributed by atoms with Crippen molar-refractivity contribution in [2.45, 2.75) is 69.4 Å². The molecule has 1 fully saturated rings. The number of carbonyl (C=O) groups excluding carboxylic acids is 1. The Bertz CT molecular complexity index is 1060. The van der Waals surface area contributed by atoms with Crippen LogP contribution in [0.15, 0.2) is 23.1 Å². The Morgan fingerprint density at radius 2 is 2.10 bits per heavy atom. The molecule has 30 heavy (non-hydrogen) atoms. The first kappa shape index (κ1) is 20.7. The van der Waals surface area contributed by atoms with Gasteiger partial charge in [-0.15, -0.1) is 0 Å². The lowest BCUT2D eigenvalue weighted by Gasteiger charge is -2.15.